The lowest BCUT2D eigenvalue weighted by Crippen LogP contribution is -2.55. The molecule has 7 heteroatoms. The maximum atomic E-state index is 12.8. The summed E-state index contributed by atoms with van der Waals surface area (Å²) in [6.07, 6.45) is 1.01. The Hall–Kier alpha value is -1.60. The summed E-state index contributed by atoms with van der Waals surface area (Å²) in [6.45, 7) is 12.6. The number of likely N-dealkylation sites (tertiary alicyclic amines) is 1. The van der Waals surface area contributed by atoms with Crippen molar-refractivity contribution in [2.45, 2.75) is 76.4 Å². The summed E-state index contributed by atoms with van der Waals surface area (Å²) >= 11 is 0. The second-order valence-corrected chi connectivity index (χ2v) is 11.6. The van der Waals surface area contributed by atoms with E-state index in [4.69, 9.17) is 9.47 Å². The molecule has 2 heterocycles. The van der Waals surface area contributed by atoms with Crippen LogP contribution in [0.25, 0.3) is 0 Å². The molecule has 0 saturated carbocycles. The molecule has 1 saturated heterocycles. The van der Waals surface area contributed by atoms with Crippen molar-refractivity contribution in [2.24, 2.45) is 0 Å². The van der Waals surface area contributed by atoms with E-state index in [9.17, 15) is 9.00 Å². The molecule has 2 aliphatic heterocycles. The topological polar surface area (TPSA) is 67.9 Å². The second-order valence-electron chi connectivity index (χ2n) is 9.60. The number of hydrogen-bond acceptors (Lipinski definition) is 4. The first kappa shape index (κ1) is 21.1. The number of carbonyl (C=O) groups is 1. The number of amides is 1. The van der Waals surface area contributed by atoms with E-state index in [1.807, 2.05) is 65.8 Å². The monoisotopic (exact) mass is 408 g/mol. The van der Waals surface area contributed by atoms with Crippen molar-refractivity contribution >= 4 is 17.1 Å². The van der Waals surface area contributed by atoms with Crippen molar-refractivity contribution in [1.29, 1.82) is 0 Å². The molecule has 28 heavy (non-hydrogen) atoms. The highest BCUT2D eigenvalue weighted by molar-refractivity contribution is 7.84. The Kier molecular flexibility index (Phi) is 5.53. The molecule has 2 aliphatic rings. The zero-order valence-corrected chi connectivity index (χ0v) is 18.5. The van der Waals surface area contributed by atoms with E-state index >= 15 is 0 Å². The number of piperidine rings is 1. The molecule has 2 atom stereocenters. The van der Waals surface area contributed by atoms with E-state index in [0.717, 1.165) is 11.3 Å². The van der Waals surface area contributed by atoms with Crippen LogP contribution in [0.1, 0.15) is 66.0 Å². The van der Waals surface area contributed by atoms with Crippen LogP contribution in [0.15, 0.2) is 24.3 Å². The first-order valence-corrected chi connectivity index (χ1v) is 11.0. The van der Waals surface area contributed by atoms with E-state index in [1.54, 1.807) is 4.90 Å². The number of para-hydroxylation sites is 1. The lowest BCUT2D eigenvalue weighted by molar-refractivity contribution is -0.0202. The number of hydrogen-bond donors (Lipinski definition) is 1. The van der Waals surface area contributed by atoms with Gasteiger partial charge < -0.3 is 14.4 Å². The van der Waals surface area contributed by atoms with Crippen LogP contribution in [-0.2, 0) is 15.7 Å². The van der Waals surface area contributed by atoms with Crippen molar-refractivity contribution in [2.75, 3.05) is 13.1 Å². The van der Waals surface area contributed by atoms with Gasteiger partial charge in [0.15, 0.2) is 0 Å². The minimum atomic E-state index is -1.23. The number of nitrogens with zero attached hydrogens (tertiary/aromatic N) is 1. The smallest absolute Gasteiger partial charge is 0.410 e. The van der Waals surface area contributed by atoms with E-state index in [2.05, 4.69) is 4.72 Å². The molecule has 0 radical (unpaired) electrons. The first-order valence-electron chi connectivity index (χ1n) is 9.85. The minimum Gasteiger partial charge on any atom is -0.485 e. The average Bonchev–Trinajstić information content (AvgIpc) is 2.86. The van der Waals surface area contributed by atoms with Gasteiger partial charge in [-0.15, -0.1) is 0 Å². The molecule has 0 aliphatic carbocycles. The van der Waals surface area contributed by atoms with Gasteiger partial charge in [0.05, 0.1) is 21.8 Å². The lowest BCUT2D eigenvalue weighted by atomic mass is 9.83. The molecule has 156 valence electrons. The van der Waals surface area contributed by atoms with Crippen LogP contribution in [0.5, 0.6) is 5.75 Å². The molecule has 1 fully saturated rings. The zero-order chi connectivity index (χ0) is 20.7. The number of rotatable bonds is 2. The largest absolute Gasteiger partial charge is 0.485 e. The molecular weight excluding hydrogens is 376 g/mol. The summed E-state index contributed by atoms with van der Waals surface area (Å²) in [5.74, 6) is 0.830. The molecule has 6 nitrogen and oxygen atoms in total. The van der Waals surface area contributed by atoms with E-state index in [1.165, 1.54) is 0 Å². The third-order valence-electron chi connectivity index (χ3n) is 5.11. The number of fused-ring (bicyclic) bond motifs is 1. The van der Waals surface area contributed by atoms with Gasteiger partial charge in [0.25, 0.3) is 0 Å². The second kappa shape index (κ2) is 7.34. The van der Waals surface area contributed by atoms with Gasteiger partial charge in [-0.05, 0) is 47.6 Å². The number of nitrogens with one attached hydrogen (secondary N) is 1. The van der Waals surface area contributed by atoms with Crippen LogP contribution in [0, 0.1) is 0 Å². The molecule has 0 bridgehead atoms. The Morgan fingerprint density at radius 3 is 2.36 bits per heavy atom. The first-order chi connectivity index (χ1) is 12.9. The van der Waals surface area contributed by atoms with Gasteiger partial charge in [0, 0.05) is 31.5 Å². The SMILES string of the molecule is CC(C)(C)OC(=O)N1CCC2(CC1)Oc1ccccc1C2N[S@](=O)C(C)(C)C. The fraction of sp³-hybridized carbons (Fsp3) is 0.667. The van der Waals surface area contributed by atoms with Gasteiger partial charge in [-0.3, -0.25) is 0 Å². The lowest BCUT2D eigenvalue weighted by Gasteiger charge is -2.42. The Bertz CT molecular complexity index is 758. The van der Waals surface area contributed by atoms with Gasteiger partial charge >= 0.3 is 6.09 Å². The average molecular weight is 409 g/mol. The summed E-state index contributed by atoms with van der Waals surface area (Å²) in [4.78, 5) is 14.2. The quantitative estimate of drug-likeness (QED) is 0.805. The standard InChI is InChI=1S/C21H32N2O4S/c1-19(2,3)27-18(24)23-13-11-21(12-14-23)17(22-28(25)20(4,5)6)15-9-7-8-10-16(15)26-21/h7-10,17,22H,11-14H2,1-6H3/t17?,28-/m1/s1. The van der Waals surface area contributed by atoms with Crippen LogP contribution in [0.3, 0.4) is 0 Å². The highest BCUT2D eigenvalue weighted by Gasteiger charge is 2.51. The van der Waals surface area contributed by atoms with Crippen LogP contribution >= 0.6 is 0 Å². The summed E-state index contributed by atoms with van der Waals surface area (Å²) < 4.78 is 27.7. The highest BCUT2D eigenvalue weighted by Crippen LogP contribution is 2.48. The maximum absolute atomic E-state index is 12.8. The van der Waals surface area contributed by atoms with E-state index < -0.39 is 22.2 Å². The van der Waals surface area contributed by atoms with Crippen molar-refractivity contribution in [3.63, 3.8) is 0 Å². The van der Waals surface area contributed by atoms with Crippen LogP contribution in [0.4, 0.5) is 4.79 Å². The van der Waals surface area contributed by atoms with Gasteiger partial charge in [0.2, 0.25) is 0 Å². The molecule has 1 N–H and O–H groups in total. The van der Waals surface area contributed by atoms with Crippen molar-refractivity contribution in [3.8, 4) is 5.75 Å². The van der Waals surface area contributed by atoms with E-state index in [0.29, 0.717) is 25.9 Å². The Balaban J connectivity index is 1.79. The third-order valence-corrected chi connectivity index (χ3v) is 6.67. The van der Waals surface area contributed by atoms with Crippen molar-refractivity contribution in [3.05, 3.63) is 29.8 Å². The summed E-state index contributed by atoms with van der Waals surface area (Å²) in [5.41, 5.74) is 0.00848. The molecule has 1 amide bonds. The Morgan fingerprint density at radius 1 is 1.18 bits per heavy atom. The predicted molar refractivity (Wildman–Crippen MR) is 111 cm³/mol. The molecule has 1 aromatic rings. The molecule has 3 rings (SSSR count). The predicted octanol–water partition coefficient (Wildman–Crippen LogP) is 3.94. The van der Waals surface area contributed by atoms with Crippen LogP contribution in [0.2, 0.25) is 0 Å². The third kappa shape index (κ3) is 4.35. The molecular formula is C21H32N2O4S. The fourth-order valence-corrected chi connectivity index (χ4v) is 4.52. The Labute approximate surface area is 170 Å². The van der Waals surface area contributed by atoms with Gasteiger partial charge in [-0.25, -0.2) is 13.7 Å². The summed E-state index contributed by atoms with van der Waals surface area (Å²) in [5, 5.41) is 0. The van der Waals surface area contributed by atoms with E-state index in [-0.39, 0.29) is 16.9 Å². The van der Waals surface area contributed by atoms with Gasteiger partial charge in [-0.1, -0.05) is 18.2 Å². The minimum absolute atomic E-state index is 0.176. The number of benzene rings is 1. The van der Waals surface area contributed by atoms with Crippen molar-refractivity contribution < 1.29 is 18.5 Å². The molecule has 1 unspecified atom stereocenters. The van der Waals surface area contributed by atoms with Gasteiger partial charge in [0.1, 0.15) is 17.0 Å². The molecule has 1 spiro atoms. The number of carbonyl (C=O) groups excluding carboxylic acids is 1. The summed E-state index contributed by atoms with van der Waals surface area (Å²) in [7, 11) is -1.23. The van der Waals surface area contributed by atoms with Crippen LogP contribution in [-0.4, -0.2) is 44.2 Å². The fourth-order valence-electron chi connectivity index (χ4n) is 3.61. The summed E-state index contributed by atoms with van der Waals surface area (Å²) in [6, 6.07) is 7.74. The highest BCUT2D eigenvalue weighted by atomic mass is 32.2. The molecule has 0 aromatic heterocycles. The van der Waals surface area contributed by atoms with Crippen LogP contribution < -0.4 is 9.46 Å². The molecule has 1 aromatic carbocycles. The Morgan fingerprint density at radius 2 is 1.79 bits per heavy atom. The zero-order valence-electron chi connectivity index (χ0n) is 17.7. The van der Waals surface area contributed by atoms with Gasteiger partial charge in [-0.2, -0.15) is 0 Å². The number of ether oxygens (including phenoxy) is 2. The maximum Gasteiger partial charge on any atom is 0.410 e. The van der Waals surface area contributed by atoms with Crippen molar-refractivity contribution in [1.82, 2.24) is 9.62 Å². The normalized spacial score (nSPS) is 22.5.